The topological polar surface area (TPSA) is 59.3 Å². The van der Waals surface area contributed by atoms with Crippen molar-refractivity contribution in [2.24, 2.45) is 0 Å². The van der Waals surface area contributed by atoms with E-state index in [1.165, 1.54) is 5.69 Å². The van der Waals surface area contributed by atoms with Crippen LogP contribution in [0.2, 0.25) is 0 Å². The molecule has 0 saturated carbocycles. The third-order valence-electron chi connectivity index (χ3n) is 4.64. The van der Waals surface area contributed by atoms with Crippen LogP contribution in [0.1, 0.15) is 18.3 Å². The molecule has 1 aliphatic heterocycles. The van der Waals surface area contributed by atoms with E-state index in [2.05, 4.69) is 49.7 Å². The number of morpholine rings is 1. The van der Waals surface area contributed by atoms with Gasteiger partial charge in [-0.05, 0) is 39.0 Å². The van der Waals surface area contributed by atoms with Gasteiger partial charge in [-0.15, -0.1) is 5.10 Å². The molecular formula is C18H28N6O. The maximum absolute atomic E-state index is 5.99. The number of anilines is 1. The van der Waals surface area contributed by atoms with Gasteiger partial charge in [0.15, 0.2) is 5.82 Å². The molecule has 2 aromatic rings. The van der Waals surface area contributed by atoms with E-state index >= 15 is 0 Å². The predicted molar refractivity (Wildman–Crippen MR) is 97.8 cm³/mol. The monoisotopic (exact) mass is 344 g/mol. The molecule has 0 spiro atoms. The molecule has 1 fully saturated rings. The highest BCUT2D eigenvalue weighted by atomic mass is 16.5. The first-order valence-electron chi connectivity index (χ1n) is 9.03. The number of aryl methyl sites for hydroxylation is 2. The average molecular weight is 344 g/mol. The average Bonchev–Trinajstić information content (AvgIpc) is 2.96. The molecule has 1 aliphatic rings. The minimum atomic E-state index is 0.191. The third-order valence-corrected chi connectivity index (χ3v) is 4.64. The van der Waals surface area contributed by atoms with E-state index in [-0.39, 0.29) is 6.10 Å². The standard InChI is InChI=1S/C18H28N6O/c1-4-23(18-6-5-7-19-20-18)14-17-13-22(10-11-25-17)8-9-24-16(3)12-15(2)21-24/h5-7,12,17H,4,8-11,13-14H2,1-3H3. The normalized spacial score (nSPS) is 18.4. The number of hydrogen-bond donors (Lipinski definition) is 0. The number of likely N-dealkylation sites (N-methyl/N-ethyl adjacent to an activating group) is 1. The largest absolute Gasteiger partial charge is 0.374 e. The Morgan fingerprint density at radius 1 is 1.32 bits per heavy atom. The second kappa shape index (κ2) is 8.40. The van der Waals surface area contributed by atoms with Crippen LogP contribution in [-0.4, -0.2) is 70.3 Å². The van der Waals surface area contributed by atoms with E-state index in [1.807, 2.05) is 19.1 Å². The first-order chi connectivity index (χ1) is 12.2. The summed E-state index contributed by atoms with van der Waals surface area (Å²) in [7, 11) is 0. The molecule has 2 aromatic heterocycles. The summed E-state index contributed by atoms with van der Waals surface area (Å²) >= 11 is 0. The lowest BCUT2D eigenvalue weighted by atomic mass is 10.2. The van der Waals surface area contributed by atoms with Crippen LogP contribution in [0.3, 0.4) is 0 Å². The number of ether oxygens (including phenoxy) is 1. The first kappa shape index (κ1) is 17.8. The number of nitrogens with zero attached hydrogens (tertiary/aromatic N) is 6. The molecule has 7 nitrogen and oxygen atoms in total. The van der Waals surface area contributed by atoms with Crippen molar-refractivity contribution in [3.63, 3.8) is 0 Å². The highest BCUT2D eigenvalue weighted by Crippen LogP contribution is 2.13. The van der Waals surface area contributed by atoms with Crippen molar-refractivity contribution in [1.29, 1.82) is 0 Å². The molecule has 7 heteroatoms. The Kier molecular flexibility index (Phi) is 5.99. The lowest BCUT2D eigenvalue weighted by Gasteiger charge is -2.35. The minimum absolute atomic E-state index is 0.191. The molecule has 3 rings (SSSR count). The van der Waals surface area contributed by atoms with Crippen LogP contribution >= 0.6 is 0 Å². The minimum Gasteiger partial charge on any atom is -0.374 e. The lowest BCUT2D eigenvalue weighted by Crippen LogP contribution is -2.48. The van der Waals surface area contributed by atoms with Crippen LogP contribution in [0.5, 0.6) is 0 Å². The summed E-state index contributed by atoms with van der Waals surface area (Å²) in [5, 5.41) is 12.8. The maximum Gasteiger partial charge on any atom is 0.151 e. The quantitative estimate of drug-likeness (QED) is 0.759. The van der Waals surface area contributed by atoms with Crippen LogP contribution in [0.15, 0.2) is 24.4 Å². The Morgan fingerprint density at radius 2 is 2.20 bits per heavy atom. The van der Waals surface area contributed by atoms with Gasteiger partial charge in [-0.1, -0.05) is 0 Å². The maximum atomic E-state index is 5.99. The Morgan fingerprint density at radius 3 is 2.88 bits per heavy atom. The highest BCUT2D eigenvalue weighted by Gasteiger charge is 2.23. The molecule has 25 heavy (non-hydrogen) atoms. The predicted octanol–water partition coefficient (Wildman–Crippen LogP) is 1.52. The summed E-state index contributed by atoms with van der Waals surface area (Å²) in [5.74, 6) is 0.911. The summed E-state index contributed by atoms with van der Waals surface area (Å²) in [6.45, 7) is 12.6. The van der Waals surface area contributed by atoms with Gasteiger partial charge in [0.1, 0.15) is 0 Å². The van der Waals surface area contributed by atoms with Crippen LogP contribution in [0, 0.1) is 13.8 Å². The van der Waals surface area contributed by atoms with Crippen molar-refractivity contribution in [3.05, 3.63) is 35.8 Å². The molecule has 1 atom stereocenters. The van der Waals surface area contributed by atoms with E-state index in [0.29, 0.717) is 0 Å². The van der Waals surface area contributed by atoms with Crippen molar-refractivity contribution >= 4 is 5.82 Å². The van der Waals surface area contributed by atoms with Crippen LogP contribution in [0.4, 0.5) is 5.82 Å². The smallest absolute Gasteiger partial charge is 0.151 e. The molecule has 0 bridgehead atoms. The SMILES string of the molecule is CCN(CC1CN(CCn2nc(C)cc2C)CCO1)c1cccnn1. The van der Waals surface area contributed by atoms with Crippen LogP contribution in [0.25, 0.3) is 0 Å². The molecule has 0 radical (unpaired) electrons. The second-order valence-electron chi connectivity index (χ2n) is 6.56. The van der Waals surface area contributed by atoms with Gasteiger partial charge in [-0.2, -0.15) is 10.2 Å². The molecule has 1 unspecified atom stereocenters. The fraction of sp³-hybridized carbons (Fsp3) is 0.611. The van der Waals surface area contributed by atoms with E-state index in [9.17, 15) is 0 Å². The molecule has 0 aliphatic carbocycles. The molecule has 0 amide bonds. The lowest BCUT2D eigenvalue weighted by molar-refractivity contribution is -0.0251. The Labute approximate surface area is 149 Å². The third kappa shape index (κ3) is 4.76. The van der Waals surface area contributed by atoms with Crippen LogP contribution in [-0.2, 0) is 11.3 Å². The molecular weight excluding hydrogens is 316 g/mol. The fourth-order valence-electron chi connectivity index (χ4n) is 3.32. The van der Waals surface area contributed by atoms with Crippen molar-refractivity contribution in [2.75, 3.05) is 44.2 Å². The van der Waals surface area contributed by atoms with Crippen LogP contribution < -0.4 is 4.90 Å². The summed E-state index contributed by atoms with van der Waals surface area (Å²) in [4.78, 5) is 4.69. The first-order valence-corrected chi connectivity index (χ1v) is 9.03. The Bertz CT molecular complexity index is 659. The van der Waals surface area contributed by atoms with E-state index in [4.69, 9.17) is 4.74 Å². The number of aromatic nitrogens is 4. The zero-order chi connectivity index (χ0) is 17.6. The van der Waals surface area contributed by atoms with E-state index in [0.717, 1.165) is 57.4 Å². The van der Waals surface area contributed by atoms with Gasteiger partial charge in [0, 0.05) is 44.6 Å². The molecule has 0 aromatic carbocycles. The molecule has 3 heterocycles. The summed E-state index contributed by atoms with van der Waals surface area (Å²) in [5.41, 5.74) is 2.31. The highest BCUT2D eigenvalue weighted by molar-refractivity contribution is 5.36. The molecule has 0 N–H and O–H groups in total. The van der Waals surface area contributed by atoms with Gasteiger partial charge in [-0.25, -0.2) is 0 Å². The van der Waals surface area contributed by atoms with Gasteiger partial charge in [0.25, 0.3) is 0 Å². The zero-order valence-electron chi connectivity index (χ0n) is 15.4. The van der Waals surface area contributed by atoms with Crippen molar-refractivity contribution in [3.8, 4) is 0 Å². The fourth-order valence-corrected chi connectivity index (χ4v) is 3.32. The van der Waals surface area contributed by atoms with Gasteiger partial charge in [-0.3, -0.25) is 9.58 Å². The summed E-state index contributed by atoms with van der Waals surface area (Å²) in [6, 6.07) is 6.05. The second-order valence-corrected chi connectivity index (χ2v) is 6.56. The summed E-state index contributed by atoms with van der Waals surface area (Å²) in [6.07, 6.45) is 1.89. The van der Waals surface area contributed by atoms with Gasteiger partial charge < -0.3 is 9.64 Å². The van der Waals surface area contributed by atoms with E-state index < -0.39 is 0 Å². The van der Waals surface area contributed by atoms with Gasteiger partial charge >= 0.3 is 0 Å². The Hall–Kier alpha value is -1.99. The summed E-state index contributed by atoms with van der Waals surface area (Å²) < 4.78 is 8.08. The van der Waals surface area contributed by atoms with E-state index in [1.54, 1.807) is 6.20 Å². The number of hydrogen-bond acceptors (Lipinski definition) is 6. The van der Waals surface area contributed by atoms with Crippen molar-refractivity contribution in [1.82, 2.24) is 24.9 Å². The van der Waals surface area contributed by atoms with Gasteiger partial charge in [0.2, 0.25) is 0 Å². The number of rotatable bonds is 7. The van der Waals surface area contributed by atoms with Crippen molar-refractivity contribution < 1.29 is 4.74 Å². The molecule has 136 valence electrons. The Balaban J connectivity index is 1.53. The molecule has 1 saturated heterocycles. The zero-order valence-corrected chi connectivity index (χ0v) is 15.4. The van der Waals surface area contributed by atoms with Gasteiger partial charge in [0.05, 0.1) is 24.9 Å². The van der Waals surface area contributed by atoms with Crippen molar-refractivity contribution in [2.45, 2.75) is 33.4 Å².